The van der Waals surface area contributed by atoms with Gasteiger partial charge in [-0.1, -0.05) is 0 Å². The normalized spacial score (nSPS) is 11.0. The molecule has 0 aliphatic heterocycles. The molecule has 2 N–H and O–H groups in total. The average molecular weight is 429 g/mol. The molecule has 29 heavy (non-hydrogen) atoms. The minimum atomic E-state index is -3.96. The molecule has 0 fully saturated rings. The fourth-order valence-electron chi connectivity index (χ4n) is 2.06. The van der Waals surface area contributed by atoms with E-state index in [4.69, 9.17) is 0 Å². The van der Waals surface area contributed by atoms with E-state index in [1.165, 1.54) is 0 Å². The van der Waals surface area contributed by atoms with E-state index in [2.05, 4.69) is 4.74 Å². The predicted molar refractivity (Wildman–Crippen MR) is 94.6 cm³/mol. The van der Waals surface area contributed by atoms with Gasteiger partial charge in [-0.25, -0.2) is 26.7 Å². The molecule has 0 unspecified atom stereocenters. The lowest BCUT2D eigenvalue weighted by atomic mass is 10.2. The number of esters is 1. The molecule has 10 nitrogen and oxygen atoms in total. The zero-order valence-electron chi connectivity index (χ0n) is 14.6. The number of sulfonamides is 1. The first-order valence-electron chi connectivity index (χ1n) is 7.69. The number of hydrogen-bond acceptors (Lipinski definition) is 7. The van der Waals surface area contributed by atoms with Crippen LogP contribution in [0.15, 0.2) is 41.3 Å². The number of amides is 1. The minimum Gasteiger partial charge on any atom is -0.452 e. The second-order valence-corrected chi connectivity index (χ2v) is 7.28. The standard InChI is InChI=1S/C16H13F2N3O7S/c1-19-29(26,27)10-3-5-12(17)11(7-10)16(23)28-8-15(22)20-14-6-9(21(24)25)2-4-13(14)18/h2-7,19H,8H2,1H3,(H,20,22). The molecular formula is C16H13F2N3O7S. The topological polar surface area (TPSA) is 145 Å². The van der Waals surface area contributed by atoms with Crippen molar-refractivity contribution in [2.45, 2.75) is 4.90 Å². The van der Waals surface area contributed by atoms with E-state index < -0.39 is 66.9 Å². The van der Waals surface area contributed by atoms with Crippen LogP contribution < -0.4 is 10.0 Å². The largest absolute Gasteiger partial charge is 0.452 e. The van der Waals surface area contributed by atoms with Gasteiger partial charge in [-0.2, -0.15) is 0 Å². The summed E-state index contributed by atoms with van der Waals surface area (Å²) in [4.78, 5) is 33.3. The number of carbonyl (C=O) groups is 2. The van der Waals surface area contributed by atoms with Gasteiger partial charge in [0.25, 0.3) is 11.6 Å². The average Bonchev–Trinajstić information content (AvgIpc) is 2.67. The maximum Gasteiger partial charge on any atom is 0.341 e. The van der Waals surface area contributed by atoms with Crippen LogP contribution in [0, 0.1) is 21.7 Å². The van der Waals surface area contributed by atoms with Gasteiger partial charge in [-0.05, 0) is 31.3 Å². The van der Waals surface area contributed by atoms with E-state index in [0.29, 0.717) is 0 Å². The van der Waals surface area contributed by atoms with Crippen LogP contribution in [0.5, 0.6) is 0 Å². The first kappa shape index (κ1) is 21.8. The third kappa shape index (κ3) is 5.30. The number of anilines is 1. The van der Waals surface area contributed by atoms with Crippen molar-refractivity contribution in [2.24, 2.45) is 0 Å². The molecule has 0 aliphatic carbocycles. The molecule has 0 radical (unpaired) electrons. The molecule has 0 aromatic heterocycles. The Morgan fingerprint density at radius 2 is 1.79 bits per heavy atom. The highest BCUT2D eigenvalue weighted by molar-refractivity contribution is 7.89. The maximum atomic E-state index is 13.8. The molecule has 154 valence electrons. The number of non-ortho nitro benzene ring substituents is 1. The third-order valence-corrected chi connectivity index (χ3v) is 4.92. The summed E-state index contributed by atoms with van der Waals surface area (Å²) in [5.41, 5.74) is -1.74. The van der Waals surface area contributed by atoms with Crippen LogP contribution in [0.4, 0.5) is 20.2 Å². The number of ether oxygens (including phenoxy) is 1. The van der Waals surface area contributed by atoms with Crippen molar-refractivity contribution in [3.8, 4) is 0 Å². The van der Waals surface area contributed by atoms with Gasteiger partial charge in [0.15, 0.2) is 6.61 Å². The Labute approximate surface area is 162 Å². The first-order chi connectivity index (χ1) is 13.5. The lowest BCUT2D eigenvalue weighted by molar-refractivity contribution is -0.384. The quantitative estimate of drug-likeness (QED) is 0.386. The Hall–Kier alpha value is -3.45. The van der Waals surface area contributed by atoms with Crippen molar-refractivity contribution >= 4 is 33.3 Å². The second kappa shape index (κ2) is 8.70. The summed E-state index contributed by atoms with van der Waals surface area (Å²) in [5.74, 6) is -4.45. The Morgan fingerprint density at radius 1 is 1.14 bits per heavy atom. The smallest absolute Gasteiger partial charge is 0.341 e. The number of benzene rings is 2. The lowest BCUT2D eigenvalue weighted by Gasteiger charge is -2.09. The van der Waals surface area contributed by atoms with Crippen LogP contribution in [0.3, 0.4) is 0 Å². The molecular weight excluding hydrogens is 416 g/mol. The molecule has 0 bridgehead atoms. The Morgan fingerprint density at radius 3 is 2.41 bits per heavy atom. The monoisotopic (exact) mass is 429 g/mol. The number of nitro groups is 1. The van der Waals surface area contributed by atoms with Crippen LogP contribution in [0.25, 0.3) is 0 Å². The molecule has 0 aliphatic rings. The highest BCUT2D eigenvalue weighted by atomic mass is 32.2. The summed E-state index contributed by atoms with van der Waals surface area (Å²) in [5, 5.41) is 12.7. The van der Waals surface area contributed by atoms with E-state index in [1.807, 2.05) is 10.0 Å². The van der Waals surface area contributed by atoms with Crippen molar-refractivity contribution in [2.75, 3.05) is 19.0 Å². The van der Waals surface area contributed by atoms with Gasteiger partial charge in [0.05, 0.1) is 21.1 Å². The molecule has 2 rings (SSSR count). The molecule has 0 spiro atoms. The van der Waals surface area contributed by atoms with Gasteiger partial charge in [0, 0.05) is 12.1 Å². The van der Waals surface area contributed by atoms with Crippen LogP contribution in [-0.4, -0.2) is 38.9 Å². The summed E-state index contributed by atoms with van der Waals surface area (Å²) in [7, 11) is -2.84. The predicted octanol–water partition coefficient (Wildman–Crippen LogP) is 1.58. The van der Waals surface area contributed by atoms with Crippen LogP contribution in [-0.2, 0) is 19.6 Å². The van der Waals surface area contributed by atoms with Gasteiger partial charge in [-0.15, -0.1) is 0 Å². The van der Waals surface area contributed by atoms with Gasteiger partial charge < -0.3 is 10.1 Å². The summed E-state index contributed by atoms with van der Waals surface area (Å²) in [6.07, 6.45) is 0. The maximum absolute atomic E-state index is 13.8. The van der Waals surface area contributed by atoms with Crippen molar-refractivity contribution in [1.82, 2.24) is 4.72 Å². The van der Waals surface area contributed by atoms with Gasteiger partial charge >= 0.3 is 5.97 Å². The SMILES string of the molecule is CNS(=O)(=O)c1ccc(F)c(C(=O)OCC(=O)Nc2cc([N+](=O)[O-])ccc2F)c1. The third-order valence-electron chi connectivity index (χ3n) is 3.51. The fourth-order valence-corrected chi connectivity index (χ4v) is 2.82. The number of nitrogens with one attached hydrogen (secondary N) is 2. The zero-order valence-corrected chi connectivity index (χ0v) is 15.5. The Balaban J connectivity index is 2.10. The summed E-state index contributed by atoms with van der Waals surface area (Å²) in [6.45, 7) is -0.983. The van der Waals surface area contributed by atoms with Crippen molar-refractivity contribution in [3.05, 3.63) is 63.7 Å². The Kier molecular flexibility index (Phi) is 6.56. The van der Waals surface area contributed by atoms with Gasteiger partial charge in [0.1, 0.15) is 11.6 Å². The minimum absolute atomic E-state index is 0.406. The Bertz CT molecular complexity index is 1090. The second-order valence-electron chi connectivity index (χ2n) is 5.39. The first-order valence-corrected chi connectivity index (χ1v) is 9.17. The van der Waals surface area contributed by atoms with E-state index in [9.17, 15) is 36.9 Å². The molecule has 0 saturated carbocycles. The highest BCUT2D eigenvalue weighted by Gasteiger charge is 2.20. The number of halogens is 2. The number of nitro benzene ring substituents is 1. The molecule has 0 saturated heterocycles. The molecule has 2 aromatic rings. The van der Waals surface area contributed by atoms with E-state index >= 15 is 0 Å². The molecule has 13 heteroatoms. The summed E-state index contributed by atoms with van der Waals surface area (Å²) in [6, 6.07) is 4.81. The number of hydrogen-bond donors (Lipinski definition) is 2. The molecule has 0 heterocycles. The number of carbonyl (C=O) groups excluding carboxylic acids is 2. The van der Waals surface area contributed by atoms with E-state index in [-0.39, 0.29) is 0 Å². The van der Waals surface area contributed by atoms with Crippen LogP contribution >= 0.6 is 0 Å². The summed E-state index contributed by atoms with van der Waals surface area (Å²) < 4.78 is 57.5. The van der Waals surface area contributed by atoms with Crippen molar-refractivity contribution < 1.29 is 36.4 Å². The molecule has 2 aromatic carbocycles. The molecule has 0 atom stereocenters. The van der Waals surface area contributed by atoms with Crippen molar-refractivity contribution in [1.29, 1.82) is 0 Å². The van der Waals surface area contributed by atoms with Crippen LogP contribution in [0.2, 0.25) is 0 Å². The molecule has 1 amide bonds. The number of nitrogens with zero attached hydrogens (tertiary/aromatic N) is 1. The fraction of sp³-hybridized carbons (Fsp3) is 0.125. The summed E-state index contributed by atoms with van der Waals surface area (Å²) >= 11 is 0. The zero-order chi connectivity index (χ0) is 21.8. The van der Waals surface area contributed by atoms with Gasteiger partial charge in [0.2, 0.25) is 10.0 Å². The van der Waals surface area contributed by atoms with Gasteiger partial charge in [-0.3, -0.25) is 14.9 Å². The van der Waals surface area contributed by atoms with Crippen molar-refractivity contribution in [3.63, 3.8) is 0 Å². The lowest BCUT2D eigenvalue weighted by Crippen LogP contribution is -2.23. The van der Waals surface area contributed by atoms with E-state index in [0.717, 1.165) is 43.4 Å². The van der Waals surface area contributed by atoms with E-state index in [1.54, 1.807) is 0 Å². The highest BCUT2D eigenvalue weighted by Crippen LogP contribution is 2.21. The van der Waals surface area contributed by atoms with Crippen LogP contribution in [0.1, 0.15) is 10.4 Å². The number of rotatable bonds is 7.